The maximum Gasteiger partial charge on any atom is 0.407 e. The number of hydrogen-bond acceptors (Lipinski definition) is 1. The monoisotopic (exact) mass is 478 g/mol. The van der Waals surface area contributed by atoms with Gasteiger partial charge >= 0.3 is 6.18 Å². The predicted molar refractivity (Wildman–Crippen MR) is 138 cm³/mol. The molecule has 4 aromatic carbocycles. The second-order valence-electron chi connectivity index (χ2n) is 8.46. The van der Waals surface area contributed by atoms with Crippen molar-refractivity contribution in [1.29, 1.82) is 0 Å². The zero-order chi connectivity index (χ0) is 24.0. The maximum absolute atomic E-state index is 14.7. The first-order valence-electron chi connectivity index (χ1n) is 11.3. The van der Waals surface area contributed by atoms with Crippen molar-refractivity contribution in [2.45, 2.75) is 18.8 Å². The van der Waals surface area contributed by atoms with E-state index in [4.69, 9.17) is 0 Å². The Morgan fingerprint density at radius 3 is 1.32 bits per heavy atom. The Morgan fingerprint density at radius 2 is 0.971 bits per heavy atom. The van der Waals surface area contributed by atoms with Gasteiger partial charge in [-0.3, -0.25) is 4.90 Å². The van der Waals surface area contributed by atoms with Gasteiger partial charge in [0.2, 0.25) is 0 Å². The highest BCUT2D eigenvalue weighted by molar-refractivity contribution is 7.95. The van der Waals surface area contributed by atoms with Gasteiger partial charge in [0.05, 0.1) is 6.16 Å². The van der Waals surface area contributed by atoms with E-state index < -0.39 is 19.5 Å². The van der Waals surface area contributed by atoms with Crippen molar-refractivity contribution in [3.8, 4) is 0 Å². The van der Waals surface area contributed by atoms with Gasteiger partial charge in [-0.2, -0.15) is 13.2 Å². The van der Waals surface area contributed by atoms with E-state index >= 15 is 0 Å². The van der Waals surface area contributed by atoms with Crippen molar-refractivity contribution in [1.82, 2.24) is 4.90 Å². The van der Waals surface area contributed by atoms with Gasteiger partial charge in [-0.25, -0.2) is 0 Å². The summed E-state index contributed by atoms with van der Waals surface area (Å²) in [5.74, 6) is 0. The zero-order valence-electron chi connectivity index (χ0n) is 19.1. The average Bonchev–Trinajstić information content (AvgIpc) is 2.86. The summed E-state index contributed by atoms with van der Waals surface area (Å²) < 4.78 is 44.2. The summed E-state index contributed by atoms with van der Waals surface area (Å²) in [7, 11) is -1.04. The molecule has 174 valence electrons. The second kappa shape index (κ2) is 10.5. The van der Waals surface area contributed by atoms with Crippen LogP contribution in [-0.2, 0) is 6.54 Å². The fourth-order valence-electron chi connectivity index (χ4n) is 4.54. The molecule has 0 aliphatic carbocycles. The third-order valence-corrected chi connectivity index (χ3v) is 10.7. The van der Waals surface area contributed by atoms with Crippen LogP contribution in [0.25, 0.3) is 0 Å². The van der Waals surface area contributed by atoms with E-state index in [0.29, 0.717) is 0 Å². The summed E-state index contributed by atoms with van der Waals surface area (Å²) in [6.07, 6.45) is -4.41. The van der Waals surface area contributed by atoms with Gasteiger partial charge in [-0.05, 0) is 49.0 Å². The molecule has 4 rings (SSSR count). The van der Waals surface area contributed by atoms with Crippen LogP contribution in [0.5, 0.6) is 0 Å². The summed E-state index contributed by atoms with van der Waals surface area (Å²) >= 11 is 0. The molecule has 4 aromatic rings. The lowest BCUT2D eigenvalue weighted by Crippen LogP contribution is -2.50. The highest BCUT2D eigenvalue weighted by Crippen LogP contribution is 2.57. The molecule has 0 aliphatic heterocycles. The summed E-state index contributed by atoms with van der Waals surface area (Å²) in [4.78, 5) is 1.46. The fraction of sp³-hybridized carbons (Fsp3) is 0.172. The number of alkyl halides is 3. The lowest BCUT2D eigenvalue weighted by atomic mass is 10.2. The number of hydrogen-bond donors (Lipinski definition) is 0. The standard InChI is InChI=1S/C29H28F3NP/c1-33(22-24-14-6-2-7-15-24)28(29(30,31)32)23-34(25-16-8-3-9-17-25,26-18-10-4-11-19-26)27-20-12-5-13-21-27/h2-21,28H,22-23H2,1H3/q+1/t28-/m1/s1. The largest absolute Gasteiger partial charge is 0.407 e. The van der Waals surface area contributed by atoms with Crippen molar-refractivity contribution in [2.24, 2.45) is 0 Å². The number of benzene rings is 4. The molecule has 0 unspecified atom stereocenters. The van der Waals surface area contributed by atoms with E-state index in [1.807, 2.05) is 121 Å². The minimum atomic E-state index is -4.38. The molecule has 0 N–H and O–H groups in total. The second-order valence-corrected chi connectivity index (χ2v) is 12.0. The Labute approximate surface area is 200 Å². The molecule has 0 amide bonds. The Hall–Kier alpha value is -2.94. The van der Waals surface area contributed by atoms with Gasteiger partial charge in [0.1, 0.15) is 29.2 Å². The molecule has 0 heterocycles. The summed E-state index contributed by atoms with van der Waals surface area (Å²) in [6, 6.07) is 36.9. The highest BCUT2D eigenvalue weighted by atomic mass is 31.2. The van der Waals surface area contributed by atoms with E-state index in [1.165, 1.54) is 4.90 Å². The van der Waals surface area contributed by atoms with E-state index in [9.17, 15) is 13.2 Å². The third kappa shape index (κ3) is 5.24. The zero-order valence-corrected chi connectivity index (χ0v) is 20.0. The van der Waals surface area contributed by atoms with E-state index in [1.54, 1.807) is 7.05 Å². The minimum Gasteiger partial charge on any atom is -0.288 e. The number of rotatable bonds is 8. The minimum absolute atomic E-state index is 0.0299. The Bertz CT molecular complexity index is 1050. The van der Waals surface area contributed by atoms with Crippen molar-refractivity contribution >= 4 is 23.2 Å². The number of halogens is 3. The molecular formula is C29H28F3NP+. The third-order valence-electron chi connectivity index (χ3n) is 6.22. The Balaban J connectivity index is 1.88. The van der Waals surface area contributed by atoms with Gasteiger partial charge in [0, 0.05) is 6.54 Å². The lowest BCUT2D eigenvalue weighted by Gasteiger charge is -2.36. The quantitative estimate of drug-likeness (QED) is 0.279. The topological polar surface area (TPSA) is 3.24 Å². The Morgan fingerprint density at radius 1 is 0.618 bits per heavy atom. The fourth-order valence-corrected chi connectivity index (χ4v) is 9.12. The van der Waals surface area contributed by atoms with Gasteiger partial charge in [0.15, 0.2) is 0 Å². The van der Waals surface area contributed by atoms with E-state index in [-0.39, 0.29) is 12.7 Å². The molecule has 0 aromatic heterocycles. The van der Waals surface area contributed by atoms with Crippen LogP contribution in [0.3, 0.4) is 0 Å². The van der Waals surface area contributed by atoms with Crippen molar-refractivity contribution < 1.29 is 13.2 Å². The number of nitrogens with zero attached hydrogens (tertiary/aromatic N) is 1. The molecule has 1 nitrogen and oxygen atoms in total. The molecular weight excluding hydrogens is 450 g/mol. The van der Waals surface area contributed by atoms with Crippen LogP contribution < -0.4 is 15.9 Å². The van der Waals surface area contributed by atoms with E-state index in [0.717, 1.165) is 21.5 Å². The predicted octanol–water partition coefficient (Wildman–Crippen LogP) is 6.04. The summed E-state index contributed by atoms with van der Waals surface area (Å²) in [5, 5.41) is 2.86. The molecule has 0 saturated carbocycles. The first-order valence-corrected chi connectivity index (χ1v) is 13.2. The molecule has 0 saturated heterocycles. The molecule has 5 heteroatoms. The van der Waals surface area contributed by atoms with Crippen LogP contribution in [0.4, 0.5) is 13.2 Å². The summed E-state index contributed by atoms with van der Waals surface area (Å²) in [5.41, 5.74) is 0.863. The SMILES string of the molecule is CN(Cc1ccccc1)[C@H](C[P+](c1ccccc1)(c1ccccc1)c1ccccc1)C(F)(F)F. The first-order chi connectivity index (χ1) is 16.4. The Kier molecular flexibility index (Phi) is 7.50. The highest BCUT2D eigenvalue weighted by Gasteiger charge is 2.54. The van der Waals surface area contributed by atoms with Crippen LogP contribution in [0.15, 0.2) is 121 Å². The lowest BCUT2D eigenvalue weighted by molar-refractivity contribution is -0.175. The maximum atomic E-state index is 14.7. The van der Waals surface area contributed by atoms with Gasteiger partial charge in [-0.15, -0.1) is 0 Å². The van der Waals surface area contributed by atoms with Crippen molar-refractivity contribution in [3.63, 3.8) is 0 Å². The van der Waals surface area contributed by atoms with Crippen LogP contribution in [0.2, 0.25) is 0 Å². The molecule has 0 bridgehead atoms. The van der Waals surface area contributed by atoms with Crippen molar-refractivity contribution in [3.05, 3.63) is 127 Å². The summed E-state index contributed by atoms with van der Waals surface area (Å²) in [6.45, 7) is 0.226. The van der Waals surface area contributed by atoms with Crippen molar-refractivity contribution in [2.75, 3.05) is 13.2 Å². The molecule has 34 heavy (non-hydrogen) atoms. The van der Waals surface area contributed by atoms with Crippen LogP contribution in [0, 0.1) is 0 Å². The molecule has 0 spiro atoms. The molecule has 0 radical (unpaired) electrons. The van der Waals surface area contributed by atoms with Gasteiger partial charge in [-0.1, -0.05) is 84.9 Å². The normalized spacial score (nSPS) is 13.1. The van der Waals surface area contributed by atoms with Crippen LogP contribution in [0.1, 0.15) is 5.56 Å². The first kappa shape index (κ1) is 24.2. The van der Waals surface area contributed by atoms with Gasteiger partial charge < -0.3 is 0 Å². The smallest absolute Gasteiger partial charge is 0.288 e. The van der Waals surface area contributed by atoms with Crippen LogP contribution >= 0.6 is 7.26 Å². The average molecular weight is 479 g/mol. The van der Waals surface area contributed by atoms with Crippen LogP contribution in [-0.4, -0.2) is 30.3 Å². The molecule has 1 atom stereocenters. The molecule has 0 fully saturated rings. The van der Waals surface area contributed by atoms with E-state index in [2.05, 4.69) is 0 Å². The molecule has 0 aliphatic rings. The van der Waals surface area contributed by atoms with Gasteiger partial charge in [0.25, 0.3) is 0 Å².